The summed E-state index contributed by atoms with van der Waals surface area (Å²) in [7, 11) is 1.38. The first-order chi connectivity index (χ1) is 14.7. The zero-order valence-electron chi connectivity index (χ0n) is 17.5. The summed E-state index contributed by atoms with van der Waals surface area (Å²) >= 11 is -0.134. The van der Waals surface area contributed by atoms with Gasteiger partial charge < -0.3 is 0 Å². The number of hydrogen-bond donors (Lipinski definition) is 0. The molecule has 5 unspecified atom stereocenters. The maximum absolute atomic E-state index is 11.8. The zero-order valence-corrected chi connectivity index (χ0v) is 20.0. The molecule has 0 spiro atoms. The van der Waals surface area contributed by atoms with E-state index in [0.29, 0.717) is 0 Å². The van der Waals surface area contributed by atoms with E-state index in [1.165, 1.54) is 37.9 Å². The van der Waals surface area contributed by atoms with Crippen molar-refractivity contribution in [2.24, 2.45) is 0 Å². The van der Waals surface area contributed by atoms with Gasteiger partial charge in [0.25, 0.3) is 0 Å². The molecular weight excluding hydrogens is 495 g/mol. The molecule has 0 N–H and O–H groups in total. The topological polar surface area (TPSA) is 114 Å². The van der Waals surface area contributed by atoms with E-state index in [1.54, 1.807) is 0 Å². The van der Waals surface area contributed by atoms with Crippen molar-refractivity contribution in [3.8, 4) is 0 Å². The van der Waals surface area contributed by atoms with Crippen LogP contribution in [-0.2, 0) is 42.9 Å². The molecule has 11 heteroatoms. The summed E-state index contributed by atoms with van der Waals surface area (Å²) in [6, 6.07) is 9.63. The molecule has 0 saturated carbocycles. The average molecular weight is 519 g/mol. The molecule has 9 nitrogen and oxygen atoms in total. The third-order valence-electron chi connectivity index (χ3n) is 3.93. The van der Waals surface area contributed by atoms with Crippen LogP contribution in [0, 0.1) is 0 Å². The zero-order chi connectivity index (χ0) is 23.0. The third kappa shape index (κ3) is 8.17. The van der Waals surface area contributed by atoms with Crippen LogP contribution in [0.3, 0.4) is 0 Å². The molecule has 1 aromatic rings. The van der Waals surface area contributed by atoms with Crippen molar-refractivity contribution >= 4 is 52.4 Å². The fourth-order valence-corrected chi connectivity index (χ4v) is 6.97. The van der Waals surface area contributed by atoms with Gasteiger partial charge in [0.2, 0.25) is 0 Å². The number of carbonyl (C=O) groups excluding carboxylic acids is 4. The van der Waals surface area contributed by atoms with Crippen LogP contribution >= 0.6 is 10.2 Å². The second kappa shape index (κ2) is 12.1. The molecule has 1 aromatic carbocycles. The molecular formula is C20H24O9SSe. The fourth-order valence-electron chi connectivity index (χ4n) is 2.85. The van der Waals surface area contributed by atoms with Crippen molar-refractivity contribution in [2.45, 2.75) is 57.5 Å². The molecule has 1 aliphatic heterocycles. The van der Waals surface area contributed by atoms with Crippen molar-refractivity contribution < 1.29 is 42.9 Å². The summed E-state index contributed by atoms with van der Waals surface area (Å²) in [6.45, 7) is 4.61. The Bertz CT molecular complexity index is 788. The van der Waals surface area contributed by atoms with Gasteiger partial charge in [-0.25, -0.2) is 0 Å². The molecule has 1 saturated heterocycles. The standard InChI is InChI=1S/C20H24O9SSe/c1-11(21)25-10-16-17(26-12(2)22)18(27-13(3)23)19(28-14(4)24)20(29-16)30-31-15-8-6-5-7-9-15/h5-9,16-20H,10H2,1-4H3. The Balaban J connectivity index is 2.35. The normalized spacial score (nSPS) is 25.2. The van der Waals surface area contributed by atoms with Gasteiger partial charge in [0.15, 0.2) is 0 Å². The second-order valence-corrected chi connectivity index (χ2v) is 10.6. The monoisotopic (exact) mass is 520 g/mol. The van der Waals surface area contributed by atoms with Gasteiger partial charge in [-0.15, -0.1) is 0 Å². The van der Waals surface area contributed by atoms with Crippen molar-refractivity contribution in [3.05, 3.63) is 30.3 Å². The number of esters is 4. The van der Waals surface area contributed by atoms with Crippen LogP contribution in [-0.4, -0.2) is 74.2 Å². The van der Waals surface area contributed by atoms with Gasteiger partial charge in [-0.1, -0.05) is 0 Å². The number of benzene rings is 1. The summed E-state index contributed by atoms with van der Waals surface area (Å²) in [6.07, 6.45) is -4.22. The van der Waals surface area contributed by atoms with Gasteiger partial charge in [-0.2, -0.15) is 0 Å². The van der Waals surface area contributed by atoms with Gasteiger partial charge >= 0.3 is 190 Å². The minimum absolute atomic E-state index is 0.134. The van der Waals surface area contributed by atoms with Crippen molar-refractivity contribution in [3.63, 3.8) is 0 Å². The predicted molar refractivity (Wildman–Crippen MR) is 111 cm³/mol. The van der Waals surface area contributed by atoms with Gasteiger partial charge in [-0.3, -0.25) is 0 Å². The number of hydrogen-bond acceptors (Lipinski definition) is 10. The average Bonchev–Trinajstić information content (AvgIpc) is 2.68. The van der Waals surface area contributed by atoms with Crippen molar-refractivity contribution in [1.82, 2.24) is 0 Å². The van der Waals surface area contributed by atoms with Crippen LogP contribution in [0.25, 0.3) is 0 Å². The van der Waals surface area contributed by atoms with E-state index in [-0.39, 0.29) is 20.4 Å². The molecule has 1 fully saturated rings. The van der Waals surface area contributed by atoms with E-state index in [9.17, 15) is 19.2 Å². The van der Waals surface area contributed by atoms with Gasteiger partial charge in [0.1, 0.15) is 0 Å². The quantitative estimate of drug-likeness (QED) is 0.277. The van der Waals surface area contributed by atoms with E-state index in [2.05, 4.69) is 0 Å². The fraction of sp³-hybridized carbons (Fsp3) is 0.500. The molecule has 31 heavy (non-hydrogen) atoms. The number of carbonyl (C=O) groups is 4. The summed E-state index contributed by atoms with van der Waals surface area (Å²) in [4.78, 5) is 46.6. The SMILES string of the molecule is CC(=O)OCC1OC(S[Se]c2ccccc2)C(OC(C)=O)C(OC(C)=O)C1OC(C)=O. The first kappa shape index (κ1) is 25.2. The Morgan fingerprint density at radius 2 is 1.39 bits per heavy atom. The molecule has 0 aromatic heterocycles. The number of ether oxygens (including phenoxy) is 5. The van der Waals surface area contributed by atoms with Crippen LogP contribution < -0.4 is 4.46 Å². The van der Waals surface area contributed by atoms with Crippen LogP contribution in [0.1, 0.15) is 27.7 Å². The van der Waals surface area contributed by atoms with Crippen LogP contribution in [0.5, 0.6) is 0 Å². The van der Waals surface area contributed by atoms with E-state index in [0.717, 1.165) is 4.46 Å². The van der Waals surface area contributed by atoms with E-state index >= 15 is 0 Å². The first-order valence-corrected chi connectivity index (χ1v) is 13.1. The molecule has 0 radical (unpaired) electrons. The van der Waals surface area contributed by atoms with E-state index < -0.39 is 53.7 Å². The van der Waals surface area contributed by atoms with Crippen LogP contribution in [0.15, 0.2) is 30.3 Å². The van der Waals surface area contributed by atoms with Gasteiger partial charge in [-0.05, 0) is 0 Å². The predicted octanol–water partition coefficient (Wildman–Crippen LogP) is 0.747. The van der Waals surface area contributed by atoms with Crippen molar-refractivity contribution in [2.75, 3.05) is 6.61 Å². The van der Waals surface area contributed by atoms with E-state index in [4.69, 9.17) is 23.7 Å². The summed E-state index contributed by atoms with van der Waals surface area (Å²) in [5.74, 6) is -2.46. The maximum atomic E-state index is 11.8. The second-order valence-electron chi connectivity index (χ2n) is 6.56. The minimum atomic E-state index is -1.14. The molecule has 0 aliphatic carbocycles. The first-order valence-electron chi connectivity index (χ1n) is 9.36. The van der Waals surface area contributed by atoms with E-state index in [1.807, 2.05) is 30.3 Å². The number of rotatable bonds is 8. The molecule has 0 amide bonds. The molecule has 2 rings (SSSR count). The van der Waals surface area contributed by atoms with Gasteiger partial charge in [0.05, 0.1) is 0 Å². The Morgan fingerprint density at radius 3 is 1.94 bits per heavy atom. The Hall–Kier alpha value is -2.07. The Morgan fingerprint density at radius 1 is 0.839 bits per heavy atom. The third-order valence-corrected chi connectivity index (χ3v) is 8.37. The summed E-state index contributed by atoms with van der Waals surface area (Å²) in [5.41, 5.74) is -0.749. The Labute approximate surface area is 189 Å². The van der Waals surface area contributed by atoms with Gasteiger partial charge in [0, 0.05) is 0 Å². The molecule has 0 bridgehead atoms. The van der Waals surface area contributed by atoms with Crippen molar-refractivity contribution in [1.29, 1.82) is 0 Å². The Kier molecular flexibility index (Phi) is 9.83. The molecule has 170 valence electrons. The molecule has 1 aliphatic rings. The molecule has 5 atom stereocenters. The molecule has 1 heterocycles. The summed E-state index contributed by atoms with van der Waals surface area (Å²) in [5, 5.41) is 0. The summed E-state index contributed by atoms with van der Waals surface area (Å²) < 4.78 is 28.4. The van der Waals surface area contributed by atoms with Crippen LogP contribution in [0.2, 0.25) is 0 Å². The van der Waals surface area contributed by atoms with Crippen LogP contribution in [0.4, 0.5) is 0 Å².